The van der Waals surface area contributed by atoms with Crippen LogP contribution >= 0.6 is 0 Å². The number of unbranched alkanes of at least 4 members (excludes halogenated alkanes) is 2. The third kappa shape index (κ3) is 25.2. The van der Waals surface area contributed by atoms with Gasteiger partial charge in [-0.05, 0) is 105 Å². The standard InChI is InChI=1S/C67H105N7O19Si/c1-11-53-54-41-52(93-94(9,10)66(6,7)8)20-21-58(54)71-61-55(53)43-74-60(61)42-57-56(63(74)78)46-90-64(79)67(57,12-2)92-65(80)91-47-59(48(4)5)72-62(77)49(18-15-14-16-22-69-13-3)40-51(76)45-89-44-50(75)19-17-24-81-26-28-83-30-32-85-34-36-87-38-39-88-37-35-86-33-31-84-29-27-82-25-23-70-73-68/h20-21,41-42,48-49,59,69H,11-19,22-40,43-47H2,1-10H3,(H,72,77)/i3T. The first-order valence-electron chi connectivity index (χ1n) is 33.9. The number of rotatable bonds is 51. The molecule has 26 nitrogen and oxygen atoms in total. The number of fused-ring (bicyclic) bond motifs is 5. The molecule has 0 bridgehead atoms. The van der Waals surface area contributed by atoms with Gasteiger partial charge in [0.2, 0.25) is 19.8 Å². The smallest absolute Gasteiger partial charge is 0.509 e. The summed E-state index contributed by atoms with van der Waals surface area (Å²) in [6.07, 6.45) is 2.45. The molecule has 0 radical (unpaired) electrons. The monoisotopic (exact) mass is 1340 g/mol. The van der Waals surface area contributed by atoms with E-state index >= 15 is 0 Å². The second-order valence-electron chi connectivity index (χ2n) is 24.9. The Morgan fingerprint density at radius 1 is 0.798 bits per heavy atom. The zero-order chi connectivity index (χ0) is 69.1. The Bertz CT molecular complexity index is 3000. The van der Waals surface area contributed by atoms with Crippen LogP contribution in [0.3, 0.4) is 0 Å². The first-order chi connectivity index (χ1) is 45.7. The molecule has 3 aromatic rings. The Balaban J connectivity index is 1.02. The molecule has 1 aromatic carbocycles. The number of aryl methyl sites for hydroxylation is 1. The molecule has 0 aliphatic carbocycles. The van der Waals surface area contributed by atoms with E-state index in [1.54, 1.807) is 17.6 Å². The predicted octanol–water partition coefficient (Wildman–Crippen LogP) is 8.88. The van der Waals surface area contributed by atoms with Gasteiger partial charge < -0.3 is 76.5 Å². The summed E-state index contributed by atoms with van der Waals surface area (Å²) in [6, 6.07) is 6.88. The van der Waals surface area contributed by atoms with Gasteiger partial charge in [0.15, 0.2) is 11.6 Å². The molecule has 2 aliphatic rings. The third-order valence-electron chi connectivity index (χ3n) is 16.7. The highest BCUT2D eigenvalue weighted by molar-refractivity contribution is 6.74. The molecule has 2 N–H and O–H groups in total. The molecule has 5 rings (SSSR count). The van der Waals surface area contributed by atoms with Crippen LogP contribution in [-0.2, 0) is 101 Å². The fourth-order valence-corrected chi connectivity index (χ4v) is 11.4. The molecule has 2 aromatic heterocycles. The highest BCUT2D eigenvalue weighted by atomic mass is 28.4. The topological polar surface area (TPSA) is 313 Å². The lowest BCUT2D eigenvalue weighted by atomic mass is 9.85. The van der Waals surface area contributed by atoms with E-state index in [1.807, 2.05) is 32.0 Å². The summed E-state index contributed by atoms with van der Waals surface area (Å²) in [4.78, 5) is 90.3. The van der Waals surface area contributed by atoms with Gasteiger partial charge in [-0.3, -0.25) is 19.2 Å². The Hall–Kier alpha value is -5.94. The number of ketones is 2. The molecular formula is C67H105N7O19Si. The predicted molar refractivity (Wildman–Crippen MR) is 354 cm³/mol. The molecule has 0 saturated heterocycles. The Kier molecular flexibility index (Phi) is 34.3. The molecular weight excluding hydrogens is 1230 g/mol. The van der Waals surface area contributed by atoms with Crippen molar-refractivity contribution < 1.29 is 86.6 Å². The van der Waals surface area contributed by atoms with Crippen molar-refractivity contribution in [3.63, 3.8) is 0 Å². The third-order valence-corrected chi connectivity index (χ3v) is 21.1. The first kappa shape index (κ1) is 77.1. The Morgan fingerprint density at radius 3 is 1.98 bits per heavy atom. The van der Waals surface area contributed by atoms with E-state index < -0.39 is 49.5 Å². The molecule has 94 heavy (non-hydrogen) atoms. The van der Waals surface area contributed by atoms with Gasteiger partial charge in [0.05, 0.1) is 134 Å². The number of hydrogen-bond acceptors (Lipinski definition) is 22. The number of hydrogen-bond donors (Lipinski definition) is 2. The quantitative estimate of drug-likeness (QED) is 0.0104. The number of amides is 1. The van der Waals surface area contributed by atoms with Crippen molar-refractivity contribution in [2.75, 3.05) is 145 Å². The van der Waals surface area contributed by atoms with Crippen LogP contribution in [0.2, 0.25) is 18.1 Å². The maximum absolute atomic E-state index is 14.5. The van der Waals surface area contributed by atoms with Crippen LogP contribution in [0.5, 0.6) is 5.75 Å². The molecule has 1 amide bonds. The fraction of sp³-hybridized carbons (Fsp3) is 0.716. The SMILES string of the molecule is [3H]CCNCCCCCC(CC(=O)COCC(=O)CCCOCCOCCOCCOCCOCCOCCOCCOCCN=[N+]=[N-])C(=O)NC(COC(=O)OC1(CC)C(=O)OCc2c1cc1n(c2=O)Cc2c-1nc1ccc(O[Si](C)(C)C(C)(C)C)cc1c2CC)C(C)C. The lowest BCUT2D eigenvalue weighted by Crippen LogP contribution is -2.48. The van der Waals surface area contributed by atoms with E-state index in [2.05, 4.69) is 61.4 Å². The summed E-state index contributed by atoms with van der Waals surface area (Å²) in [5.74, 6) is -2.09. The maximum Gasteiger partial charge on any atom is 0.509 e. The highest BCUT2D eigenvalue weighted by Gasteiger charge is 2.51. The van der Waals surface area contributed by atoms with Crippen LogP contribution in [-0.4, -0.2) is 199 Å². The van der Waals surface area contributed by atoms with Gasteiger partial charge in [-0.1, -0.05) is 73.3 Å². The number of ether oxygens (including phenoxy) is 12. The zero-order valence-electron chi connectivity index (χ0n) is 58.1. The summed E-state index contributed by atoms with van der Waals surface area (Å²) in [5, 5.41) is 10.5. The van der Waals surface area contributed by atoms with Crippen LogP contribution in [0, 0.1) is 11.8 Å². The van der Waals surface area contributed by atoms with Crippen molar-refractivity contribution in [2.45, 2.75) is 156 Å². The van der Waals surface area contributed by atoms with Crippen molar-refractivity contribution in [3.05, 3.63) is 67.3 Å². The molecule has 4 heterocycles. The van der Waals surface area contributed by atoms with Crippen LogP contribution in [0.1, 0.15) is 130 Å². The van der Waals surface area contributed by atoms with Crippen molar-refractivity contribution in [1.82, 2.24) is 20.2 Å². The number of carbonyl (C=O) groups is 5. The minimum Gasteiger partial charge on any atom is -0.543 e. The first-order valence-corrected chi connectivity index (χ1v) is 36.1. The van der Waals surface area contributed by atoms with Crippen LogP contribution < -0.4 is 20.6 Å². The summed E-state index contributed by atoms with van der Waals surface area (Å²) in [7, 11) is -2.16. The van der Waals surface area contributed by atoms with Gasteiger partial charge in [-0.15, -0.1) is 0 Å². The minimum absolute atomic E-state index is 0.0102. The molecule has 27 heteroatoms. The van der Waals surface area contributed by atoms with Crippen molar-refractivity contribution in [1.29, 1.82) is 0 Å². The van der Waals surface area contributed by atoms with Crippen molar-refractivity contribution in [2.24, 2.45) is 17.0 Å². The van der Waals surface area contributed by atoms with Crippen molar-refractivity contribution >= 4 is 48.8 Å². The van der Waals surface area contributed by atoms with Gasteiger partial charge in [0.1, 0.15) is 32.2 Å². The van der Waals surface area contributed by atoms with E-state index in [0.717, 1.165) is 40.6 Å². The number of aromatic nitrogens is 2. The van der Waals surface area contributed by atoms with Crippen molar-refractivity contribution in [3.8, 4) is 17.1 Å². The summed E-state index contributed by atoms with van der Waals surface area (Å²) in [5.41, 5.74) is 9.87. The van der Waals surface area contributed by atoms with E-state index in [-0.39, 0.29) is 92.8 Å². The average molecular weight is 1340 g/mol. The fourth-order valence-electron chi connectivity index (χ4n) is 10.4. The van der Waals surface area contributed by atoms with E-state index in [4.69, 9.17) is 73.2 Å². The molecule has 3 atom stereocenters. The van der Waals surface area contributed by atoms with E-state index in [9.17, 15) is 28.8 Å². The molecule has 0 saturated carbocycles. The number of nitrogens with one attached hydrogen (secondary N) is 2. The minimum atomic E-state index is -2.16. The number of cyclic esters (lactones) is 1. The summed E-state index contributed by atoms with van der Waals surface area (Å²) >= 11 is 0. The van der Waals surface area contributed by atoms with Crippen LogP contribution in [0.25, 0.3) is 32.7 Å². The summed E-state index contributed by atoms with van der Waals surface area (Å²) in [6.45, 7) is 25.7. The maximum atomic E-state index is 14.5. The molecule has 2 aliphatic heterocycles. The number of pyridine rings is 2. The highest BCUT2D eigenvalue weighted by Crippen LogP contribution is 2.44. The average Bonchev–Trinajstić information content (AvgIpc) is 1.58. The van der Waals surface area contributed by atoms with Gasteiger partial charge >= 0.3 is 12.1 Å². The normalized spacial score (nSPS) is 15.2. The summed E-state index contributed by atoms with van der Waals surface area (Å²) < 4.78 is 82.3. The second kappa shape index (κ2) is 41.9. The number of azide groups is 1. The second-order valence-corrected chi connectivity index (χ2v) is 29.7. The van der Waals surface area contributed by atoms with Gasteiger partial charge in [-0.25, -0.2) is 14.6 Å². The molecule has 3 unspecified atom stereocenters. The van der Waals surface area contributed by atoms with E-state index in [0.29, 0.717) is 162 Å². The lowest BCUT2D eigenvalue weighted by molar-refractivity contribution is -0.175. The van der Waals surface area contributed by atoms with Gasteiger partial charge in [-0.2, -0.15) is 0 Å². The Labute approximate surface area is 556 Å². The van der Waals surface area contributed by atoms with E-state index in [1.165, 1.54) is 0 Å². The molecule has 0 spiro atoms. The van der Waals surface area contributed by atoms with Crippen LogP contribution in [0.4, 0.5) is 4.79 Å². The molecule has 526 valence electrons. The largest absolute Gasteiger partial charge is 0.543 e. The van der Waals surface area contributed by atoms with Crippen LogP contribution in [0.15, 0.2) is 34.2 Å². The van der Waals surface area contributed by atoms with Gasteiger partial charge in [0.25, 0.3) is 5.56 Å². The zero-order valence-corrected chi connectivity index (χ0v) is 58.1. The Morgan fingerprint density at radius 2 is 1.40 bits per heavy atom. The lowest BCUT2D eigenvalue weighted by Gasteiger charge is -2.36. The number of benzene rings is 1. The number of Topliss-reactive ketones (excluding diaryl/α,β-unsaturated/α-hetero) is 2. The number of carbonyl (C=O) groups excluding carboxylic acids is 5. The number of esters is 1. The molecule has 0 fully saturated rings. The van der Waals surface area contributed by atoms with Gasteiger partial charge in [0, 0.05) is 54.7 Å². The number of nitrogens with zero attached hydrogens (tertiary/aromatic N) is 5.